The van der Waals surface area contributed by atoms with Crippen LogP contribution in [0.4, 0.5) is 0 Å². The number of Topliss-reactive ketones (excluding diaryl/α,β-unsaturated/α-hetero) is 1. The maximum Gasteiger partial charge on any atom is 0.185 e. The van der Waals surface area contributed by atoms with Crippen molar-refractivity contribution < 1.29 is 4.79 Å². The van der Waals surface area contributed by atoms with E-state index in [0.717, 1.165) is 42.1 Å². The number of hydrogen-bond acceptors (Lipinski definition) is 3. The summed E-state index contributed by atoms with van der Waals surface area (Å²) < 4.78 is 4.17. The smallest absolute Gasteiger partial charge is 0.185 e. The Bertz CT molecular complexity index is 754. The van der Waals surface area contributed by atoms with E-state index in [4.69, 9.17) is 0 Å². The number of nitrogens with zero attached hydrogens (tertiary/aromatic N) is 4. The average Bonchev–Trinajstić information content (AvgIpc) is 3.20. The SMILES string of the molecule is CC(C)n1ccnc1/C=C1\CCC/C(=C\c2nccn2C(C)C)C1=O. The standard InChI is InChI=1S/C20H26N4O/c1-14(2)23-10-8-21-18(23)12-16-6-5-7-17(20(16)25)13-19-22-9-11-24(19)15(3)4/h8-15H,5-7H2,1-4H3/b16-12+,17-13+. The first-order valence-electron chi connectivity index (χ1n) is 8.99. The molecule has 0 unspecified atom stereocenters. The summed E-state index contributed by atoms with van der Waals surface area (Å²) in [5, 5.41) is 0. The molecule has 0 aromatic carbocycles. The molecule has 0 atom stereocenters. The van der Waals surface area contributed by atoms with E-state index >= 15 is 0 Å². The van der Waals surface area contributed by atoms with Gasteiger partial charge in [-0.25, -0.2) is 9.97 Å². The maximum absolute atomic E-state index is 12.9. The van der Waals surface area contributed by atoms with E-state index < -0.39 is 0 Å². The van der Waals surface area contributed by atoms with Crippen LogP contribution in [0.25, 0.3) is 12.2 Å². The van der Waals surface area contributed by atoms with Crippen LogP contribution in [0, 0.1) is 0 Å². The van der Waals surface area contributed by atoms with E-state index in [0.29, 0.717) is 12.1 Å². The molecular formula is C20H26N4O. The van der Waals surface area contributed by atoms with Crippen molar-refractivity contribution in [3.8, 4) is 0 Å². The summed E-state index contributed by atoms with van der Waals surface area (Å²) in [7, 11) is 0. The molecule has 2 heterocycles. The largest absolute Gasteiger partial charge is 0.329 e. The summed E-state index contributed by atoms with van der Waals surface area (Å²) in [5.41, 5.74) is 1.68. The van der Waals surface area contributed by atoms with Crippen LogP contribution in [0.2, 0.25) is 0 Å². The molecule has 1 saturated carbocycles. The Labute approximate surface area is 149 Å². The molecule has 3 rings (SSSR count). The number of allylic oxidation sites excluding steroid dienone is 2. The number of carbonyl (C=O) groups is 1. The molecule has 0 radical (unpaired) electrons. The molecule has 2 aromatic rings. The summed E-state index contributed by atoms with van der Waals surface area (Å²) in [6.45, 7) is 8.46. The Morgan fingerprint density at radius 2 is 1.32 bits per heavy atom. The average molecular weight is 338 g/mol. The van der Waals surface area contributed by atoms with Gasteiger partial charge in [0.1, 0.15) is 11.6 Å². The predicted octanol–water partition coefficient (Wildman–Crippen LogP) is 4.46. The summed E-state index contributed by atoms with van der Waals surface area (Å²) in [6.07, 6.45) is 14.0. The number of aromatic nitrogens is 4. The maximum atomic E-state index is 12.9. The van der Waals surface area contributed by atoms with Gasteiger partial charge in [-0.15, -0.1) is 0 Å². The van der Waals surface area contributed by atoms with Crippen molar-refractivity contribution in [1.82, 2.24) is 19.1 Å². The molecule has 2 aromatic heterocycles. The topological polar surface area (TPSA) is 52.7 Å². The fraction of sp³-hybridized carbons (Fsp3) is 0.450. The third-order valence-electron chi connectivity index (χ3n) is 4.59. The number of imidazole rings is 2. The second-order valence-corrected chi connectivity index (χ2v) is 7.09. The lowest BCUT2D eigenvalue weighted by molar-refractivity contribution is -0.112. The van der Waals surface area contributed by atoms with Crippen molar-refractivity contribution in [3.05, 3.63) is 47.6 Å². The Hall–Kier alpha value is -2.43. The van der Waals surface area contributed by atoms with Crippen molar-refractivity contribution in [2.75, 3.05) is 0 Å². The first-order chi connectivity index (χ1) is 12.0. The molecule has 0 bridgehead atoms. The van der Waals surface area contributed by atoms with Crippen molar-refractivity contribution in [2.45, 2.75) is 59.0 Å². The Balaban J connectivity index is 1.91. The van der Waals surface area contributed by atoms with Gasteiger partial charge in [0.25, 0.3) is 0 Å². The lowest BCUT2D eigenvalue weighted by atomic mass is 9.88. The quantitative estimate of drug-likeness (QED) is 0.773. The van der Waals surface area contributed by atoms with E-state index in [-0.39, 0.29) is 5.78 Å². The lowest BCUT2D eigenvalue weighted by Crippen LogP contribution is -2.14. The third kappa shape index (κ3) is 3.65. The summed E-state index contributed by atoms with van der Waals surface area (Å²) in [6, 6.07) is 0.642. The molecule has 5 nitrogen and oxygen atoms in total. The zero-order valence-electron chi connectivity index (χ0n) is 15.4. The highest BCUT2D eigenvalue weighted by molar-refractivity contribution is 6.13. The molecule has 0 amide bonds. The second-order valence-electron chi connectivity index (χ2n) is 7.09. The van der Waals surface area contributed by atoms with Crippen LogP contribution < -0.4 is 0 Å². The van der Waals surface area contributed by atoms with Crippen LogP contribution in [-0.4, -0.2) is 24.9 Å². The highest BCUT2D eigenvalue weighted by Gasteiger charge is 2.22. The van der Waals surface area contributed by atoms with Gasteiger partial charge in [0.05, 0.1) is 0 Å². The Morgan fingerprint density at radius 3 is 1.72 bits per heavy atom. The van der Waals surface area contributed by atoms with Gasteiger partial charge >= 0.3 is 0 Å². The van der Waals surface area contributed by atoms with Crippen LogP contribution in [0.15, 0.2) is 35.9 Å². The van der Waals surface area contributed by atoms with E-state index in [9.17, 15) is 4.79 Å². The molecule has 0 N–H and O–H groups in total. The fourth-order valence-corrected chi connectivity index (χ4v) is 3.24. The number of hydrogen-bond donors (Lipinski definition) is 0. The minimum atomic E-state index is 0.128. The van der Waals surface area contributed by atoms with Gasteiger partial charge in [-0.2, -0.15) is 0 Å². The van der Waals surface area contributed by atoms with Gasteiger partial charge in [-0.05, 0) is 59.1 Å². The molecule has 0 saturated heterocycles. The Kier molecular flexibility index (Phi) is 5.02. The van der Waals surface area contributed by atoms with Crippen LogP contribution in [0.3, 0.4) is 0 Å². The molecule has 1 aliphatic carbocycles. The monoisotopic (exact) mass is 338 g/mol. The predicted molar refractivity (Wildman–Crippen MR) is 100 cm³/mol. The van der Waals surface area contributed by atoms with Crippen LogP contribution >= 0.6 is 0 Å². The first-order valence-corrected chi connectivity index (χ1v) is 8.99. The highest BCUT2D eigenvalue weighted by atomic mass is 16.1. The van der Waals surface area contributed by atoms with Crippen LogP contribution in [0.1, 0.15) is 70.7 Å². The molecule has 132 valence electrons. The van der Waals surface area contributed by atoms with Crippen molar-refractivity contribution in [3.63, 3.8) is 0 Å². The van der Waals surface area contributed by atoms with E-state index in [1.807, 2.05) is 24.5 Å². The first kappa shape index (κ1) is 17.4. The van der Waals surface area contributed by atoms with Gasteiger partial charge in [-0.1, -0.05) is 0 Å². The molecule has 1 fully saturated rings. The van der Waals surface area contributed by atoms with Gasteiger partial charge in [0.15, 0.2) is 5.78 Å². The molecule has 0 spiro atoms. The fourth-order valence-electron chi connectivity index (χ4n) is 3.24. The van der Waals surface area contributed by atoms with E-state index in [2.05, 4.69) is 46.8 Å². The van der Waals surface area contributed by atoms with Gasteiger partial charge in [-0.3, -0.25) is 4.79 Å². The minimum absolute atomic E-state index is 0.128. The zero-order valence-corrected chi connectivity index (χ0v) is 15.4. The number of carbonyl (C=O) groups excluding carboxylic acids is 1. The number of rotatable bonds is 4. The molecular weight excluding hydrogens is 312 g/mol. The second kappa shape index (κ2) is 7.21. The van der Waals surface area contributed by atoms with E-state index in [1.165, 1.54) is 0 Å². The van der Waals surface area contributed by atoms with Gasteiger partial charge in [0, 0.05) is 48.0 Å². The molecule has 25 heavy (non-hydrogen) atoms. The zero-order chi connectivity index (χ0) is 18.0. The molecule has 5 heteroatoms. The van der Waals surface area contributed by atoms with Crippen molar-refractivity contribution >= 4 is 17.9 Å². The summed E-state index contributed by atoms with van der Waals surface area (Å²) in [5.74, 6) is 1.83. The van der Waals surface area contributed by atoms with Gasteiger partial charge in [0.2, 0.25) is 0 Å². The molecule has 1 aliphatic rings. The van der Waals surface area contributed by atoms with Crippen molar-refractivity contribution in [2.24, 2.45) is 0 Å². The van der Waals surface area contributed by atoms with E-state index in [1.54, 1.807) is 12.4 Å². The van der Waals surface area contributed by atoms with Crippen LogP contribution in [0.5, 0.6) is 0 Å². The van der Waals surface area contributed by atoms with Crippen molar-refractivity contribution in [1.29, 1.82) is 0 Å². The molecule has 0 aliphatic heterocycles. The highest BCUT2D eigenvalue weighted by Crippen LogP contribution is 2.28. The summed E-state index contributed by atoms with van der Waals surface area (Å²) in [4.78, 5) is 21.7. The normalized spacial score (nSPS) is 18.9. The lowest BCUT2D eigenvalue weighted by Gasteiger charge is -2.18. The summed E-state index contributed by atoms with van der Waals surface area (Å²) >= 11 is 0. The Morgan fingerprint density at radius 1 is 0.880 bits per heavy atom. The van der Waals surface area contributed by atoms with Crippen LogP contribution in [-0.2, 0) is 4.79 Å². The minimum Gasteiger partial charge on any atom is -0.329 e. The van der Waals surface area contributed by atoms with Gasteiger partial charge < -0.3 is 9.13 Å². The third-order valence-corrected chi connectivity index (χ3v) is 4.59. The number of ketones is 1.